The molecular weight excluding hydrogens is 258 g/mol. The van der Waals surface area contributed by atoms with E-state index in [0.717, 1.165) is 5.56 Å². The van der Waals surface area contributed by atoms with E-state index < -0.39 is 6.09 Å². The lowest BCUT2D eigenvalue weighted by Gasteiger charge is -2.06. The number of carbonyl (C=O) groups excluding carboxylic acids is 1. The van der Waals surface area contributed by atoms with E-state index >= 15 is 0 Å². The van der Waals surface area contributed by atoms with E-state index in [1.807, 2.05) is 44.2 Å². The third-order valence-corrected chi connectivity index (χ3v) is 1.92. The van der Waals surface area contributed by atoms with E-state index in [1.165, 1.54) is 7.11 Å². The van der Waals surface area contributed by atoms with Gasteiger partial charge < -0.3 is 15.2 Å². The zero-order chi connectivity index (χ0) is 15.4. The summed E-state index contributed by atoms with van der Waals surface area (Å²) < 4.78 is 9.61. The summed E-state index contributed by atoms with van der Waals surface area (Å²) >= 11 is 0. The van der Waals surface area contributed by atoms with Crippen molar-refractivity contribution in [1.29, 1.82) is 0 Å². The Bertz CT molecular complexity index is 444. The molecule has 0 radical (unpaired) electrons. The minimum absolute atomic E-state index is 0.0934. The molecule has 0 aliphatic carbocycles. The van der Waals surface area contributed by atoms with Crippen molar-refractivity contribution in [2.45, 2.75) is 20.5 Å². The predicted molar refractivity (Wildman–Crippen MR) is 78.9 cm³/mol. The molecule has 1 amide bonds. The molecule has 1 rings (SSSR count). The summed E-state index contributed by atoms with van der Waals surface area (Å²) in [5.74, 6) is -0.0456. The zero-order valence-electron chi connectivity index (χ0n) is 12.1. The topological polar surface area (TPSA) is 85.9 Å². The average Bonchev–Trinajstić information content (AvgIpc) is 2.48. The van der Waals surface area contributed by atoms with Gasteiger partial charge in [-0.25, -0.2) is 4.79 Å². The first-order chi connectivity index (χ1) is 9.61. The van der Waals surface area contributed by atoms with Crippen LogP contribution in [0.4, 0.5) is 4.79 Å². The fourth-order valence-electron chi connectivity index (χ4n) is 1.07. The van der Waals surface area contributed by atoms with Crippen LogP contribution >= 0.6 is 0 Å². The number of guanidine groups is 1. The molecule has 6 nitrogen and oxygen atoms in total. The third kappa shape index (κ3) is 7.75. The second kappa shape index (κ2) is 10.4. The monoisotopic (exact) mass is 279 g/mol. The second-order valence-electron chi connectivity index (χ2n) is 3.28. The zero-order valence-corrected chi connectivity index (χ0v) is 12.1. The van der Waals surface area contributed by atoms with Gasteiger partial charge >= 0.3 is 6.09 Å². The molecule has 1 aromatic carbocycles. The van der Waals surface area contributed by atoms with E-state index in [1.54, 1.807) is 0 Å². The first-order valence-electron chi connectivity index (χ1n) is 6.16. The molecule has 3 N–H and O–H groups in total. The quantitative estimate of drug-likeness (QED) is 0.503. The van der Waals surface area contributed by atoms with E-state index in [-0.39, 0.29) is 18.4 Å². The number of nitrogens with two attached hydrogens (primary N) is 1. The van der Waals surface area contributed by atoms with Crippen molar-refractivity contribution >= 4 is 12.1 Å². The molecule has 0 aliphatic rings. The van der Waals surface area contributed by atoms with E-state index in [0.29, 0.717) is 0 Å². The van der Waals surface area contributed by atoms with Gasteiger partial charge in [-0.1, -0.05) is 44.2 Å². The third-order valence-electron chi connectivity index (χ3n) is 1.92. The van der Waals surface area contributed by atoms with Crippen molar-refractivity contribution in [3.05, 3.63) is 48.4 Å². The van der Waals surface area contributed by atoms with Gasteiger partial charge in [0.2, 0.25) is 11.8 Å². The normalized spacial score (nSPS) is 9.85. The van der Waals surface area contributed by atoms with E-state index in [2.05, 4.69) is 21.6 Å². The number of ether oxygens (including phenoxy) is 2. The molecule has 0 aliphatic heterocycles. The highest BCUT2D eigenvalue weighted by Crippen LogP contribution is 2.00. The highest BCUT2D eigenvalue weighted by Gasteiger charge is 2.04. The van der Waals surface area contributed by atoms with Crippen molar-refractivity contribution in [2.24, 2.45) is 10.7 Å². The van der Waals surface area contributed by atoms with Crippen molar-refractivity contribution < 1.29 is 14.3 Å². The number of nitrogens with one attached hydrogen (secondary N) is 1. The lowest BCUT2D eigenvalue weighted by atomic mass is 10.2. The van der Waals surface area contributed by atoms with Gasteiger partial charge in [0.1, 0.15) is 6.61 Å². The van der Waals surface area contributed by atoms with Crippen LogP contribution in [0.5, 0.6) is 0 Å². The van der Waals surface area contributed by atoms with Gasteiger partial charge in [0.05, 0.1) is 7.11 Å². The van der Waals surface area contributed by atoms with Crippen LogP contribution in [0.25, 0.3) is 0 Å². The Balaban J connectivity index is 0.00000172. The van der Waals surface area contributed by atoms with Crippen LogP contribution in [0.1, 0.15) is 19.4 Å². The first-order valence-corrected chi connectivity index (χ1v) is 6.16. The first kappa shape index (κ1) is 17.5. The molecule has 0 spiro atoms. The number of rotatable bonds is 4. The van der Waals surface area contributed by atoms with Crippen LogP contribution in [0, 0.1) is 0 Å². The number of carbonyl (C=O) groups is 1. The van der Waals surface area contributed by atoms with Crippen LogP contribution < -0.4 is 11.1 Å². The maximum Gasteiger partial charge on any atom is 0.414 e. The van der Waals surface area contributed by atoms with Gasteiger partial charge in [-0.15, -0.1) is 0 Å². The summed E-state index contributed by atoms with van der Waals surface area (Å²) in [4.78, 5) is 15.0. The molecule has 0 bridgehead atoms. The van der Waals surface area contributed by atoms with Gasteiger partial charge in [-0.3, -0.25) is 5.32 Å². The summed E-state index contributed by atoms with van der Waals surface area (Å²) in [5.41, 5.74) is 6.30. The minimum Gasteiger partial charge on any atom is -0.481 e. The molecule has 0 heterocycles. The molecule has 0 saturated heterocycles. The minimum atomic E-state index is -0.691. The number of hydrogen-bond acceptors (Lipinski definition) is 4. The van der Waals surface area contributed by atoms with Crippen LogP contribution in [-0.4, -0.2) is 19.2 Å². The largest absolute Gasteiger partial charge is 0.481 e. The molecular formula is C14H21N3O3. The van der Waals surface area contributed by atoms with Crippen molar-refractivity contribution in [3.63, 3.8) is 0 Å². The summed E-state index contributed by atoms with van der Waals surface area (Å²) in [6.07, 6.45) is -0.691. The Hall–Kier alpha value is -2.50. The molecule has 0 fully saturated rings. The van der Waals surface area contributed by atoms with Crippen LogP contribution in [0.15, 0.2) is 47.8 Å². The van der Waals surface area contributed by atoms with Crippen LogP contribution in [0.2, 0.25) is 0 Å². The molecule has 6 heteroatoms. The fraction of sp³-hybridized carbons (Fsp3) is 0.286. The van der Waals surface area contributed by atoms with Crippen molar-refractivity contribution in [1.82, 2.24) is 5.32 Å². The van der Waals surface area contributed by atoms with Gasteiger partial charge in [-0.05, 0) is 12.1 Å². The Morgan fingerprint density at radius 3 is 2.50 bits per heavy atom. The number of methoxy groups -OCH3 is 1. The predicted octanol–water partition coefficient (Wildman–Crippen LogP) is 2.37. The number of amides is 1. The number of aliphatic imine (C=N–C) groups is 1. The molecule has 0 saturated carbocycles. The molecule has 110 valence electrons. The molecule has 0 unspecified atom stereocenters. The second-order valence-corrected chi connectivity index (χ2v) is 3.28. The smallest absolute Gasteiger partial charge is 0.414 e. The highest BCUT2D eigenvalue weighted by molar-refractivity contribution is 5.93. The summed E-state index contributed by atoms with van der Waals surface area (Å²) in [6, 6.07) is 9.28. The summed E-state index contributed by atoms with van der Waals surface area (Å²) in [5, 5.41) is 2.24. The summed E-state index contributed by atoms with van der Waals surface area (Å²) in [6.45, 7) is 7.59. The Morgan fingerprint density at radius 2 is 1.95 bits per heavy atom. The average molecular weight is 279 g/mol. The number of alkyl carbamates (subject to hydrolysis) is 1. The van der Waals surface area contributed by atoms with Gasteiger partial charge in [0, 0.05) is 0 Å². The number of nitrogens with zero attached hydrogens (tertiary/aromatic N) is 1. The van der Waals surface area contributed by atoms with Crippen molar-refractivity contribution in [3.8, 4) is 0 Å². The van der Waals surface area contributed by atoms with Crippen LogP contribution in [-0.2, 0) is 16.1 Å². The highest BCUT2D eigenvalue weighted by atomic mass is 16.5. The summed E-state index contributed by atoms with van der Waals surface area (Å²) in [7, 11) is 1.40. The van der Waals surface area contributed by atoms with Gasteiger partial charge in [0.15, 0.2) is 0 Å². The Kier molecular flexibility index (Phi) is 9.12. The molecule has 1 aromatic rings. The molecule has 0 aromatic heterocycles. The maximum absolute atomic E-state index is 11.3. The molecule has 20 heavy (non-hydrogen) atoms. The lowest BCUT2D eigenvalue weighted by Crippen LogP contribution is -2.37. The molecule has 0 atom stereocenters. The van der Waals surface area contributed by atoms with E-state index in [4.69, 9.17) is 10.5 Å². The Labute approximate surface area is 119 Å². The number of hydrogen-bond donors (Lipinski definition) is 2. The fourth-order valence-corrected chi connectivity index (χ4v) is 1.07. The van der Waals surface area contributed by atoms with Crippen LogP contribution in [0.3, 0.4) is 0 Å². The SMILES string of the molecule is C=C(/N=C(\N)NC(=O)OCc1ccccc1)OC.CC. The Morgan fingerprint density at radius 1 is 1.35 bits per heavy atom. The van der Waals surface area contributed by atoms with Gasteiger partial charge in [-0.2, -0.15) is 4.99 Å². The lowest BCUT2D eigenvalue weighted by molar-refractivity contribution is 0.145. The van der Waals surface area contributed by atoms with Crippen molar-refractivity contribution in [2.75, 3.05) is 7.11 Å². The van der Waals surface area contributed by atoms with Gasteiger partial charge in [0.25, 0.3) is 0 Å². The maximum atomic E-state index is 11.3. The van der Waals surface area contributed by atoms with E-state index in [9.17, 15) is 4.79 Å². The number of benzene rings is 1. The standard InChI is InChI=1S/C12H15N3O3.C2H6/c1-9(17-2)14-11(13)15-12(16)18-8-10-6-4-3-5-7-10;1-2/h3-7H,1,8H2,2H3,(H3,13,14,15,16);1-2H3.